The van der Waals surface area contributed by atoms with Crippen molar-refractivity contribution in [2.24, 2.45) is 22.6 Å². The fraction of sp³-hybridized carbons (Fsp3) is 0.923. The second-order valence-electron chi connectivity index (χ2n) is 6.33. The Kier molecular flexibility index (Phi) is 5.84. The van der Waals surface area contributed by atoms with E-state index in [1.165, 1.54) is 0 Å². The zero-order valence-corrected chi connectivity index (χ0v) is 12.0. The third-order valence-corrected chi connectivity index (χ3v) is 1.95. The minimum atomic E-state index is -0.101. The maximum Gasteiger partial charge on any atom is 0.191 e. The highest BCUT2D eigenvalue weighted by Gasteiger charge is 2.15. The van der Waals surface area contributed by atoms with Gasteiger partial charge in [0, 0.05) is 13.1 Å². The topological polar surface area (TPSA) is 41.6 Å². The van der Waals surface area contributed by atoms with Crippen LogP contribution < -0.4 is 5.73 Å². The summed E-state index contributed by atoms with van der Waals surface area (Å²) < 4.78 is 0. The van der Waals surface area contributed by atoms with Gasteiger partial charge >= 0.3 is 0 Å². The van der Waals surface area contributed by atoms with Crippen LogP contribution in [0.5, 0.6) is 0 Å². The highest BCUT2D eigenvalue weighted by Crippen LogP contribution is 2.09. The van der Waals surface area contributed by atoms with Crippen LogP contribution in [0.2, 0.25) is 0 Å². The molecule has 0 fully saturated rings. The molecule has 0 aromatic carbocycles. The molecule has 0 spiro atoms. The van der Waals surface area contributed by atoms with Crippen LogP contribution in [0, 0.1) is 11.8 Å². The second-order valence-corrected chi connectivity index (χ2v) is 6.33. The molecule has 16 heavy (non-hydrogen) atoms. The van der Waals surface area contributed by atoms with E-state index in [0.29, 0.717) is 17.8 Å². The Hall–Kier alpha value is -0.730. The predicted octanol–water partition coefficient (Wildman–Crippen LogP) is 2.71. The first-order chi connectivity index (χ1) is 7.11. The summed E-state index contributed by atoms with van der Waals surface area (Å²) in [6.07, 6.45) is 0. The number of aliphatic imine (C=N–C) groups is 1. The molecule has 0 heterocycles. The molecule has 0 bridgehead atoms. The van der Waals surface area contributed by atoms with E-state index in [4.69, 9.17) is 5.73 Å². The second kappa shape index (κ2) is 6.12. The molecule has 0 amide bonds. The van der Waals surface area contributed by atoms with E-state index in [9.17, 15) is 0 Å². The first-order valence-corrected chi connectivity index (χ1v) is 6.22. The van der Waals surface area contributed by atoms with Crippen molar-refractivity contribution in [2.45, 2.75) is 54.0 Å². The van der Waals surface area contributed by atoms with Crippen molar-refractivity contribution in [2.75, 3.05) is 13.1 Å². The van der Waals surface area contributed by atoms with Crippen molar-refractivity contribution in [1.29, 1.82) is 0 Å². The van der Waals surface area contributed by atoms with Crippen LogP contribution in [0.4, 0.5) is 0 Å². The van der Waals surface area contributed by atoms with Gasteiger partial charge in [0.1, 0.15) is 0 Å². The first kappa shape index (κ1) is 15.3. The van der Waals surface area contributed by atoms with Crippen molar-refractivity contribution in [1.82, 2.24) is 4.90 Å². The van der Waals surface area contributed by atoms with Crippen molar-refractivity contribution in [3.63, 3.8) is 0 Å². The standard InChI is InChI=1S/C13H29N3/c1-10(2)8-16(9-11(3)4)12(14)15-13(5,6)7/h10-11H,8-9H2,1-7H3,(H2,14,15). The largest absolute Gasteiger partial charge is 0.370 e. The molecule has 3 nitrogen and oxygen atoms in total. The quantitative estimate of drug-likeness (QED) is 0.592. The van der Waals surface area contributed by atoms with Crippen LogP contribution in [0.25, 0.3) is 0 Å². The van der Waals surface area contributed by atoms with Gasteiger partial charge in [0.15, 0.2) is 5.96 Å². The highest BCUT2D eigenvalue weighted by molar-refractivity contribution is 5.78. The summed E-state index contributed by atoms with van der Waals surface area (Å²) in [7, 11) is 0. The molecule has 2 N–H and O–H groups in total. The van der Waals surface area contributed by atoms with Crippen LogP contribution in [-0.2, 0) is 0 Å². The molecular formula is C13H29N3. The van der Waals surface area contributed by atoms with Gasteiger partial charge in [0.2, 0.25) is 0 Å². The molecule has 0 atom stereocenters. The number of hydrogen-bond donors (Lipinski definition) is 1. The molecule has 0 aromatic rings. The van der Waals surface area contributed by atoms with Gasteiger partial charge in [-0.2, -0.15) is 0 Å². The normalized spacial score (nSPS) is 13.7. The molecule has 96 valence electrons. The molecule has 0 aromatic heterocycles. The first-order valence-electron chi connectivity index (χ1n) is 6.22. The summed E-state index contributed by atoms with van der Waals surface area (Å²) in [5.41, 5.74) is 5.98. The molecule has 0 aliphatic carbocycles. The molecule has 3 heteroatoms. The Labute approximate surface area is 101 Å². The molecule has 0 unspecified atom stereocenters. The lowest BCUT2D eigenvalue weighted by Crippen LogP contribution is -2.43. The van der Waals surface area contributed by atoms with Gasteiger partial charge in [0.25, 0.3) is 0 Å². The molecular weight excluding hydrogens is 198 g/mol. The SMILES string of the molecule is CC(C)CN(CC(C)C)C(N)=NC(C)(C)C. The van der Waals surface area contributed by atoms with E-state index >= 15 is 0 Å². The zero-order valence-electron chi connectivity index (χ0n) is 12.0. The van der Waals surface area contributed by atoms with Gasteiger partial charge in [-0.05, 0) is 32.6 Å². The van der Waals surface area contributed by atoms with Crippen LogP contribution >= 0.6 is 0 Å². The molecule has 0 saturated carbocycles. The third kappa shape index (κ3) is 7.55. The minimum absolute atomic E-state index is 0.101. The molecule has 0 aliphatic rings. The third-order valence-electron chi connectivity index (χ3n) is 1.95. The number of nitrogens with zero attached hydrogens (tertiary/aromatic N) is 2. The van der Waals surface area contributed by atoms with Gasteiger partial charge in [-0.3, -0.25) is 0 Å². The number of hydrogen-bond acceptors (Lipinski definition) is 1. The Morgan fingerprint density at radius 3 is 1.69 bits per heavy atom. The van der Waals surface area contributed by atoms with Gasteiger partial charge in [0.05, 0.1) is 5.54 Å². The van der Waals surface area contributed by atoms with Crippen LogP contribution in [0.1, 0.15) is 48.5 Å². The average Bonchev–Trinajstić information content (AvgIpc) is 1.97. The Bertz CT molecular complexity index is 214. The van der Waals surface area contributed by atoms with Crippen molar-refractivity contribution >= 4 is 5.96 Å². The Morgan fingerprint density at radius 2 is 1.44 bits per heavy atom. The summed E-state index contributed by atoms with van der Waals surface area (Å²) in [5, 5.41) is 0. The van der Waals surface area contributed by atoms with Gasteiger partial charge in [-0.15, -0.1) is 0 Å². The highest BCUT2D eigenvalue weighted by atomic mass is 15.3. The van der Waals surface area contributed by atoms with Gasteiger partial charge in [-0.25, -0.2) is 4.99 Å². The maximum absolute atomic E-state index is 6.08. The molecule has 0 aliphatic heterocycles. The Morgan fingerprint density at radius 1 is 1.06 bits per heavy atom. The smallest absolute Gasteiger partial charge is 0.191 e. The summed E-state index contributed by atoms with van der Waals surface area (Å²) >= 11 is 0. The van der Waals surface area contributed by atoms with Crippen LogP contribution in [0.3, 0.4) is 0 Å². The monoisotopic (exact) mass is 227 g/mol. The molecule has 0 saturated heterocycles. The fourth-order valence-electron chi connectivity index (χ4n) is 1.56. The summed E-state index contributed by atoms with van der Waals surface area (Å²) in [5.74, 6) is 1.88. The molecule has 0 radical (unpaired) electrons. The average molecular weight is 227 g/mol. The zero-order chi connectivity index (χ0) is 12.9. The summed E-state index contributed by atoms with van der Waals surface area (Å²) in [6, 6.07) is 0. The lowest BCUT2D eigenvalue weighted by molar-refractivity contribution is 0.321. The van der Waals surface area contributed by atoms with E-state index < -0.39 is 0 Å². The number of guanidine groups is 1. The molecule has 0 rings (SSSR count). The van der Waals surface area contributed by atoms with E-state index in [1.54, 1.807) is 0 Å². The van der Waals surface area contributed by atoms with E-state index in [2.05, 4.69) is 58.4 Å². The van der Waals surface area contributed by atoms with Crippen LogP contribution in [0.15, 0.2) is 4.99 Å². The van der Waals surface area contributed by atoms with Crippen molar-refractivity contribution < 1.29 is 0 Å². The number of nitrogens with two attached hydrogens (primary N) is 1. The fourth-order valence-corrected chi connectivity index (χ4v) is 1.56. The van der Waals surface area contributed by atoms with E-state index in [-0.39, 0.29) is 5.54 Å². The minimum Gasteiger partial charge on any atom is -0.370 e. The van der Waals surface area contributed by atoms with Crippen molar-refractivity contribution in [3.8, 4) is 0 Å². The van der Waals surface area contributed by atoms with Gasteiger partial charge in [-0.1, -0.05) is 27.7 Å². The maximum atomic E-state index is 6.08. The number of rotatable bonds is 4. The Balaban J connectivity index is 4.68. The van der Waals surface area contributed by atoms with E-state index in [1.807, 2.05) is 0 Å². The summed E-state index contributed by atoms with van der Waals surface area (Å²) in [4.78, 5) is 6.73. The lowest BCUT2D eigenvalue weighted by Gasteiger charge is -2.29. The lowest BCUT2D eigenvalue weighted by atomic mass is 10.1. The van der Waals surface area contributed by atoms with Crippen molar-refractivity contribution in [3.05, 3.63) is 0 Å². The predicted molar refractivity (Wildman–Crippen MR) is 72.6 cm³/mol. The van der Waals surface area contributed by atoms with Gasteiger partial charge < -0.3 is 10.6 Å². The summed E-state index contributed by atoms with van der Waals surface area (Å²) in [6.45, 7) is 17.0. The van der Waals surface area contributed by atoms with E-state index in [0.717, 1.165) is 13.1 Å². The van der Waals surface area contributed by atoms with Crippen LogP contribution in [-0.4, -0.2) is 29.5 Å².